The SMILES string of the molecule is O=C(Cc1csc(-c2ccccc2F)n1)Nc1nncs1. The Balaban J connectivity index is 1.71. The maximum absolute atomic E-state index is 13.7. The van der Waals surface area contributed by atoms with Gasteiger partial charge in [0.1, 0.15) is 16.3 Å². The zero-order valence-corrected chi connectivity index (χ0v) is 12.2. The summed E-state index contributed by atoms with van der Waals surface area (Å²) in [5.74, 6) is -0.547. The highest BCUT2D eigenvalue weighted by Crippen LogP contribution is 2.26. The molecule has 21 heavy (non-hydrogen) atoms. The fourth-order valence-electron chi connectivity index (χ4n) is 1.70. The molecule has 0 fully saturated rings. The number of aromatic nitrogens is 3. The summed E-state index contributed by atoms with van der Waals surface area (Å²) in [6.07, 6.45) is 0.116. The number of amides is 1. The van der Waals surface area contributed by atoms with Crippen molar-refractivity contribution >= 4 is 33.7 Å². The molecule has 2 aromatic heterocycles. The van der Waals surface area contributed by atoms with E-state index in [1.54, 1.807) is 23.6 Å². The molecule has 5 nitrogen and oxygen atoms in total. The van der Waals surface area contributed by atoms with Gasteiger partial charge in [-0.3, -0.25) is 4.79 Å². The molecule has 3 rings (SSSR count). The van der Waals surface area contributed by atoms with E-state index in [1.165, 1.54) is 34.3 Å². The Labute approximate surface area is 127 Å². The Bertz CT molecular complexity index is 757. The van der Waals surface area contributed by atoms with Crippen LogP contribution in [0.3, 0.4) is 0 Å². The molecule has 0 atom stereocenters. The Morgan fingerprint density at radius 2 is 2.14 bits per heavy atom. The molecular formula is C13H9FN4OS2. The number of rotatable bonds is 4. The molecule has 0 bridgehead atoms. The predicted molar refractivity (Wildman–Crippen MR) is 79.8 cm³/mol. The van der Waals surface area contributed by atoms with Crippen LogP contribution in [0, 0.1) is 5.82 Å². The number of anilines is 1. The van der Waals surface area contributed by atoms with Gasteiger partial charge in [-0.25, -0.2) is 9.37 Å². The Kier molecular flexibility index (Phi) is 3.98. The fraction of sp³-hybridized carbons (Fsp3) is 0.0769. The summed E-state index contributed by atoms with van der Waals surface area (Å²) in [6, 6.07) is 6.43. The lowest BCUT2D eigenvalue weighted by Gasteiger charge is -1.99. The van der Waals surface area contributed by atoms with Crippen LogP contribution >= 0.6 is 22.7 Å². The Hall–Kier alpha value is -2.19. The fourth-order valence-corrected chi connectivity index (χ4v) is 3.01. The third-order valence-electron chi connectivity index (χ3n) is 2.60. The number of carbonyl (C=O) groups is 1. The van der Waals surface area contributed by atoms with Gasteiger partial charge in [0.25, 0.3) is 0 Å². The zero-order valence-electron chi connectivity index (χ0n) is 10.6. The van der Waals surface area contributed by atoms with Gasteiger partial charge in [0.2, 0.25) is 11.0 Å². The highest BCUT2D eigenvalue weighted by Gasteiger charge is 2.12. The van der Waals surface area contributed by atoms with Crippen LogP contribution in [-0.4, -0.2) is 21.1 Å². The number of benzene rings is 1. The largest absolute Gasteiger partial charge is 0.300 e. The van der Waals surface area contributed by atoms with Crippen molar-refractivity contribution in [1.29, 1.82) is 0 Å². The van der Waals surface area contributed by atoms with Gasteiger partial charge in [-0.05, 0) is 12.1 Å². The van der Waals surface area contributed by atoms with Gasteiger partial charge in [0.15, 0.2) is 0 Å². The lowest BCUT2D eigenvalue weighted by Crippen LogP contribution is -2.14. The Morgan fingerprint density at radius 3 is 2.90 bits per heavy atom. The third kappa shape index (κ3) is 3.29. The molecule has 0 aliphatic heterocycles. The predicted octanol–water partition coefficient (Wildman–Crippen LogP) is 2.98. The molecule has 0 unspecified atom stereocenters. The van der Waals surface area contributed by atoms with Crippen LogP contribution in [-0.2, 0) is 11.2 Å². The third-order valence-corrected chi connectivity index (χ3v) is 4.14. The van der Waals surface area contributed by atoms with E-state index in [1.807, 2.05) is 0 Å². The average Bonchev–Trinajstić information content (AvgIpc) is 3.11. The summed E-state index contributed by atoms with van der Waals surface area (Å²) in [6.45, 7) is 0. The van der Waals surface area contributed by atoms with E-state index in [9.17, 15) is 9.18 Å². The molecule has 0 saturated carbocycles. The first-order chi connectivity index (χ1) is 10.2. The van der Waals surface area contributed by atoms with Crippen LogP contribution in [0.1, 0.15) is 5.69 Å². The summed E-state index contributed by atoms with van der Waals surface area (Å²) < 4.78 is 13.7. The van der Waals surface area contributed by atoms with Crippen LogP contribution in [0.15, 0.2) is 35.2 Å². The van der Waals surface area contributed by atoms with Gasteiger partial charge in [-0.15, -0.1) is 21.5 Å². The van der Waals surface area contributed by atoms with E-state index < -0.39 is 0 Å². The molecule has 1 aromatic carbocycles. The smallest absolute Gasteiger partial charge is 0.232 e. The molecule has 0 radical (unpaired) electrons. The summed E-state index contributed by atoms with van der Waals surface area (Å²) >= 11 is 2.55. The molecule has 0 spiro atoms. The van der Waals surface area contributed by atoms with Crippen molar-refractivity contribution in [1.82, 2.24) is 15.2 Å². The summed E-state index contributed by atoms with van der Waals surface area (Å²) in [7, 11) is 0. The molecule has 1 N–H and O–H groups in total. The van der Waals surface area contributed by atoms with Crippen molar-refractivity contribution in [2.75, 3.05) is 5.32 Å². The average molecular weight is 320 g/mol. The summed E-state index contributed by atoms with van der Waals surface area (Å²) in [5, 5.41) is 12.8. The molecule has 0 aliphatic carbocycles. The second kappa shape index (κ2) is 6.06. The minimum absolute atomic E-state index is 0.116. The topological polar surface area (TPSA) is 67.8 Å². The quantitative estimate of drug-likeness (QED) is 0.802. The van der Waals surface area contributed by atoms with Crippen LogP contribution in [0.4, 0.5) is 9.52 Å². The maximum atomic E-state index is 13.7. The summed E-state index contributed by atoms with van der Waals surface area (Å²) in [4.78, 5) is 16.1. The van der Waals surface area contributed by atoms with Crippen molar-refractivity contribution in [3.05, 3.63) is 46.7 Å². The highest BCUT2D eigenvalue weighted by atomic mass is 32.1. The van der Waals surface area contributed by atoms with E-state index in [2.05, 4.69) is 20.5 Å². The highest BCUT2D eigenvalue weighted by molar-refractivity contribution is 7.13. The van der Waals surface area contributed by atoms with Crippen molar-refractivity contribution < 1.29 is 9.18 Å². The minimum Gasteiger partial charge on any atom is -0.300 e. The molecule has 0 aliphatic rings. The first-order valence-electron chi connectivity index (χ1n) is 5.97. The standard InChI is InChI=1S/C13H9FN4OS2/c14-10-4-2-1-3-9(10)12-16-8(6-20-12)5-11(19)17-13-18-15-7-21-13/h1-4,6-7H,5H2,(H,17,18,19). The normalized spacial score (nSPS) is 10.5. The van der Waals surface area contributed by atoms with Gasteiger partial charge in [0, 0.05) is 10.9 Å². The second-order valence-electron chi connectivity index (χ2n) is 4.09. The molecule has 106 valence electrons. The van der Waals surface area contributed by atoms with Crippen molar-refractivity contribution in [2.24, 2.45) is 0 Å². The molecule has 8 heteroatoms. The molecule has 1 amide bonds. The van der Waals surface area contributed by atoms with E-state index in [0.29, 0.717) is 21.4 Å². The van der Waals surface area contributed by atoms with Crippen LogP contribution in [0.5, 0.6) is 0 Å². The lowest BCUT2D eigenvalue weighted by atomic mass is 10.2. The van der Waals surface area contributed by atoms with E-state index in [0.717, 1.165) is 0 Å². The van der Waals surface area contributed by atoms with Crippen LogP contribution in [0.2, 0.25) is 0 Å². The minimum atomic E-state index is -0.322. The van der Waals surface area contributed by atoms with E-state index in [-0.39, 0.29) is 18.1 Å². The van der Waals surface area contributed by atoms with Gasteiger partial charge >= 0.3 is 0 Å². The van der Waals surface area contributed by atoms with Gasteiger partial charge < -0.3 is 5.32 Å². The first-order valence-corrected chi connectivity index (χ1v) is 7.73. The number of hydrogen-bond donors (Lipinski definition) is 1. The van der Waals surface area contributed by atoms with Gasteiger partial charge in [-0.2, -0.15) is 0 Å². The van der Waals surface area contributed by atoms with Gasteiger partial charge in [0.05, 0.1) is 12.1 Å². The number of nitrogens with one attached hydrogen (secondary N) is 1. The van der Waals surface area contributed by atoms with E-state index >= 15 is 0 Å². The van der Waals surface area contributed by atoms with E-state index in [4.69, 9.17) is 0 Å². The summed E-state index contributed by atoms with van der Waals surface area (Å²) in [5.41, 5.74) is 2.58. The number of halogens is 1. The van der Waals surface area contributed by atoms with Gasteiger partial charge in [-0.1, -0.05) is 23.5 Å². The first kappa shape index (κ1) is 13.8. The monoisotopic (exact) mass is 320 g/mol. The van der Waals surface area contributed by atoms with Crippen molar-refractivity contribution in [3.8, 4) is 10.6 Å². The van der Waals surface area contributed by atoms with Crippen LogP contribution in [0.25, 0.3) is 10.6 Å². The van der Waals surface area contributed by atoms with Crippen molar-refractivity contribution in [3.63, 3.8) is 0 Å². The second-order valence-corrected chi connectivity index (χ2v) is 5.78. The molecule has 2 heterocycles. The number of carbonyl (C=O) groups excluding carboxylic acids is 1. The number of thiazole rings is 1. The molecular weight excluding hydrogens is 311 g/mol. The maximum Gasteiger partial charge on any atom is 0.232 e. The molecule has 3 aromatic rings. The van der Waals surface area contributed by atoms with Crippen molar-refractivity contribution in [2.45, 2.75) is 6.42 Å². The zero-order chi connectivity index (χ0) is 14.7. The van der Waals surface area contributed by atoms with Crippen LogP contribution < -0.4 is 5.32 Å². The Morgan fingerprint density at radius 1 is 1.29 bits per heavy atom. The molecule has 0 saturated heterocycles. The number of nitrogens with zero attached hydrogens (tertiary/aromatic N) is 3. The lowest BCUT2D eigenvalue weighted by molar-refractivity contribution is -0.115. The number of hydrogen-bond acceptors (Lipinski definition) is 6.